The number of anilines is 2. The van der Waals surface area contributed by atoms with Gasteiger partial charge in [0.15, 0.2) is 10.3 Å². The van der Waals surface area contributed by atoms with Crippen LogP contribution in [0.4, 0.5) is 10.8 Å². The first-order chi connectivity index (χ1) is 14.6. The quantitative estimate of drug-likeness (QED) is 0.349. The number of imidazole rings is 1. The SMILES string of the molecule is CC(=O)N(c1nc(CSc2nc(C)c(C)n2CC(C)C)cs1)c1c(C)cc(C)cc1Cl. The fourth-order valence-corrected chi connectivity index (χ4v) is 5.87. The van der Waals surface area contributed by atoms with E-state index in [1.54, 1.807) is 23.6 Å². The Balaban J connectivity index is 1.85. The van der Waals surface area contributed by atoms with Crippen LogP contribution in [0.25, 0.3) is 0 Å². The molecule has 0 bridgehead atoms. The number of thiazole rings is 1. The minimum Gasteiger partial charge on any atom is -0.323 e. The first-order valence-electron chi connectivity index (χ1n) is 10.3. The average Bonchev–Trinajstić information content (AvgIpc) is 3.22. The van der Waals surface area contributed by atoms with Gasteiger partial charge in [-0.1, -0.05) is 43.3 Å². The van der Waals surface area contributed by atoms with Crippen LogP contribution in [-0.2, 0) is 17.1 Å². The number of rotatable bonds is 7. The minimum atomic E-state index is -0.110. The zero-order chi connectivity index (χ0) is 22.9. The number of hydrogen-bond donors (Lipinski definition) is 0. The number of hydrogen-bond acceptors (Lipinski definition) is 5. The molecule has 0 atom stereocenters. The fourth-order valence-electron chi connectivity index (χ4n) is 3.50. The molecule has 8 heteroatoms. The van der Waals surface area contributed by atoms with E-state index in [4.69, 9.17) is 21.6 Å². The molecule has 3 rings (SSSR count). The number of benzene rings is 1. The highest BCUT2D eigenvalue weighted by atomic mass is 35.5. The molecule has 0 spiro atoms. The van der Waals surface area contributed by atoms with Gasteiger partial charge < -0.3 is 4.57 Å². The summed E-state index contributed by atoms with van der Waals surface area (Å²) in [5.41, 5.74) is 5.91. The van der Waals surface area contributed by atoms with E-state index < -0.39 is 0 Å². The van der Waals surface area contributed by atoms with E-state index in [0.717, 1.165) is 34.2 Å². The van der Waals surface area contributed by atoms with E-state index in [2.05, 4.69) is 32.3 Å². The normalized spacial score (nSPS) is 11.4. The van der Waals surface area contributed by atoms with E-state index in [0.29, 0.717) is 27.5 Å². The lowest BCUT2D eigenvalue weighted by Gasteiger charge is -2.22. The van der Waals surface area contributed by atoms with Gasteiger partial charge in [0.2, 0.25) is 5.91 Å². The highest BCUT2D eigenvalue weighted by Crippen LogP contribution is 2.38. The zero-order valence-corrected chi connectivity index (χ0v) is 21.5. The van der Waals surface area contributed by atoms with Crippen LogP contribution in [0.3, 0.4) is 0 Å². The predicted molar refractivity (Wildman–Crippen MR) is 132 cm³/mol. The number of carbonyl (C=O) groups is 1. The van der Waals surface area contributed by atoms with Gasteiger partial charge in [-0.15, -0.1) is 11.3 Å². The molecule has 0 aliphatic carbocycles. The van der Waals surface area contributed by atoms with Gasteiger partial charge >= 0.3 is 0 Å². The smallest absolute Gasteiger partial charge is 0.230 e. The second-order valence-electron chi connectivity index (χ2n) is 8.25. The van der Waals surface area contributed by atoms with Crippen LogP contribution in [0.2, 0.25) is 5.02 Å². The molecule has 0 unspecified atom stereocenters. The second kappa shape index (κ2) is 9.76. The maximum absolute atomic E-state index is 12.5. The first kappa shape index (κ1) is 23.8. The minimum absolute atomic E-state index is 0.110. The Morgan fingerprint density at radius 1 is 1.23 bits per heavy atom. The Bertz CT molecular complexity index is 1080. The molecule has 0 aliphatic heterocycles. The van der Waals surface area contributed by atoms with Crippen molar-refractivity contribution in [1.29, 1.82) is 0 Å². The van der Waals surface area contributed by atoms with Crippen LogP contribution in [0.1, 0.15) is 49.0 Å². The number of halogens is 1. The fraction of sp³-hybridized carbons (Fsp3) is 0.435. The number of aryl methyl sites for hydroxylation is 3. The lowest BCUT2D eigenvalue weighted by atomic mass is 10.1. The van der Waals surface area contributed by atoms with E-state index in [1.807, 2.05) is 31.4 Å². The molecule has 2 heterocycles. The molecule has 31 heavy (non-hydrogen) atoms. The molecule has 1 aromatic carbocycles. The summed E-state index contributed by atoms with van der Waals surface area (Å²) in [7, 11) is 0. The van der Waals surface area contributed by atoms with E-state index >= 15 is 0 Å². The van der Waals surface area contributed by atoms with Gasteiger partial charge in [0.1, 0.15) is 0 Å². The number of amides is 1. The topological polar surface area (TPSA) is 51.0 Å². The van der Waals surface area contributed by atoms with Crippen LogP contribution >= 0.6 is 34.7 Å². The monoisotopic (exact) mass is 476 g/mol. The van der Waals surface area contributed by atoms with Crippen LogP contribution in [0.5, 0.6) is 0 Å². The van der Waals surface area contributed by atoms with Crippen molar-refractivity contribution in [3.63, 3.8) is 0 Å². The van der Waals surface area contributed by atoms with Crippen molar-refractivity contribution >= 4 is 51.4 Å². The maximum Gasteiger partial charge on any atom is 0.230 e. The molecule has 1 amide bonds. The van der Waals surface area contributed by atoms with Crippen molar-refractivity contribution in [3.8, 4) is 0 Å². The van der Waals surface area contributed by atoms with E-state index in [-0.39, 0.29) is 5.91 Å². The summed E-state index contributed by atoms with van der Waals surface area (Å²) in [6.07, 6.45) is 0. The molecule has 3 aromatic rings. The maximum atomic E-state index is 12.5. The summed E-state index contributed by atoms with van der Waals surface area (Å²) in [5, 5.41) is 4.21. The molecule has 0 aliphatic rings. The summed E-state index contributed by atoms with van der Waals surface area (Å²) in [6.45, 7) is 15.0. The van der Waals surface area contributed by atoms with Gasteiger partial charge in [0, 0.05) is 30.3 Å². The molecule has 166 valence electrons. The highest BCUT2D eigenvalue weighted by Gasteiger charge is 2.23. The van der Waals surface area contributed by atoms with Gasteiger partial charge in [-0.25, -0.2) is 9.97 Å². The van der Waals surface area contributed by atoms with Crippen molar-refractivity contribution in [3.05, 3.63) is 50.7 Å². The molecule has 0 fully saturated rings. The Labute approximate surface area is 197 Å². The first-order valence-corrected chi connectivity index (χ1v) is 12.5. The molecule has 0 saturated heterocycles. The van der Waals surface area contributed by atoms with Gasteiger partial charge in [0.05, 0.1) is 22.1 Å². The number of aromatic nitrogens is 3. The number of thioether (sulfide) groups is 1. The zero-order valence-electron chi connectivity index (χ0n) is 19.1. The summed E-state index contributed by atoms with van der Waals surface area (Å²) >= 11 is 9.65. The Morgan fingerprint density at radius 2 is 1.94 bits per heavy atom. The van der Waals surface area contributed by atoms with Crippen LogP contribution < -0.4 is 4.90 Å². The van der Waals surface area contributed by atoms with E-state index in [1.165, 1.54) is 17.0 Å². The molecular formula is C23H29ClN4OS2. The van der Waals surface area contributed by atoms with Gasteiger partial charge in [0.25, 0.3) is 0 Å². The summed E-state index contributed by atoms with van der Waals surface area (Å²) in [4.78, 5) is 23.6. The average molecular weight is 477 g/mol. The van der Waals surface area contributed by atoms with Crippen LogP contribution in [-0.4, -0.2) is 20.4 Å². The molecule has 0 N–H and O–H groups in total. The number of nitrogens with zero attached hydrogens (tertiary/aromatic N) is 4. The Hall–Kier alpha value is -1.83. The van der Waals surface area contributed by atoms with Crippen molar-refractivity contribution in [2.45, 2.75) is 65.9 Å². The van der Waals surface area contributed by atoms with Crippen LogP contribution in [0, 0.1) is 33.6 Å². The highest BCUT2D eigenvalue weighted by molar-refractivity contribution is 7.98. The molecule has 0 radical (unpaired) electrons. The third-order valence-electron chi connectivity index (χ3n) is 4.99. The molecule has 2 aromatic heterocycles. The molecule has 5 nitrogen and oxygen atoms in total. The standard InChI is InChI=1S/C23H29ClN4OS2/c1-13(2)10-27-17(6)16(5)25-22(27)30-11-19-12-31-23(26-19)28(18(7)29)21-15(4)8-14(3)9-20(21)24/h8-9,12-13H,10-11H2,1-7H3. The van der Waals surface area contributed by atoms with Gasteiger partial charge in [-0.05, 0) is 50.8 Å². The Kier molecular flexibility index (Phi) is 7.50. The van der Waals surface area contributed by atoms with Crippen molar-refractivity contribution in [1.82, 2.24) is 14.5 Å². The summed E-state index contributed by atoms with van der Waals surface area (Å²) in [5.74, 6) is 1.13. The van der Waals surface area contributed by atoms with Crippen LogP contribution in [0.15, 0.2) is 22.7 Å². The molecular weight excluding hydrogens is 448 g/mol. The lowest BCUT2D eigenvalue weighted by Crippen LogP contribution is -2.24. The molecule has 0 saturated carbocycles. The van der Waals surface area contributed by atoms with Gasteiger partial charge in [-0.3, -0.25) is 9.69 Å². The van der Waals surface area contributed by atoms with Gasteiger partial charge in [-0.2, -0.15) is 0 Å². The Morgan fingerprint density at radius 3 is 2.55 bits per heavy atom. The van der Waals surface area contributed by atoms with Crippen molar-refractivity contribution in [2.75, 3.05) is 4.90 Å². The lowest BCUT2D eigenvalue weighted by molar-refractivity contribution is -0.115. The van der Waals surface area contributed by atoms with E-state index in [9.17, 15) is 4.79 Å². The largest absolute Gasteiger partial charge is 0.323 e. The second-order valence-corrected chi connectivity index (χ2v) is 10.4. The number of carbonyl (C=O) groups excluding carboxylic acids is 1. The third-order valence-corrected chi connectivity index (χ3v) is 7.16. The predicted octanol–water partition coefficient (Wildman–Crippen LogP) is 6.86. The summed E-state index contributed by atoms with van der Waals surface area (Å²) in [6, 6.07) is 3.91. The summed E-state index contributed by atoms with van der Waals surface area (Å²) < 4.78 is 2.29. The van der Waals surface area contributed by atoms with Crippen molar-refractivity contribution in [2.24, 2.45) is 5.92 Å². The van der Waals surface area contributed by atoms with Crippen molar-refractivity contribution < 1.29 is 4.79 Å². The third kappa shape index (κ3) is 5.33.